The number of likely N-dealkylation sites (N-methyl/N-ethyl adjacent to an activating group) is 1. The van der Waals surface area contributed by atoms with E-state index >= 15 is 0 Å². The minimum absolute atomic E-state index is 0.0293. The Morgan fingerprint density at radius 2 is 1.84 bits per heavy atom. The topological polar surface area (TPSA) is 114 Å². The van der Waals surface area contributed by atoms with E-state index in [2.05, 4.69) is 5.32 Å². The van der Waals surface area contributed by atoms with E-state index in [9.17, 15) is 19.2 Å². The lowest BCUT2D eigenvalue weighted by Crippen LogP contribution is -2.27. The van der Waals surface area contributed by atoms with Gasteiger partial charge in [-0.2, -0.15) is 0 Å². The van der Waals surface area contributed by atoms with Crippen LogP contribution in [0.3, 0.4) is 0 Å². The van der Waals surface area contributed by atoms with Gasteiger partial charge >= 0.3 is 0 Å². The molecule has 2 aromatic rings. The lowest BCUT2D eigenvalue weighted by atomic mass is 10.1. The molecule has 8 nitrogen and oxygen atoms in total. The molecule has 2 heterocycles. The number of aromatic nitrogens is 1. The highest BCUT2D eigenvalue weighted by Crippen LogP contribution is 2.24. The van der Waals surface area contributed by atoms with Crippen molar-refractivity contribution in [3.63, 3.8) is 0 Å². The third kappa shape index (κ3) is 2.67. The molecule has 3 N–H and O–H groups in total. The summed E-state index contributed by atoms with van der Waals surface area (Å²) >= 11 is 0. The van der Waals surface area contributed by atoms with Crippen molar-refractivity contribution in [1.82, 2.24) is 14.8 Å². The number of hydrogen-bond donors (Lipinski definition) is 2. The standard InChI is InChI=1S/C17H16N4O4/c1-20(2)12(22)7-9-5-3-4-6-11(9)21-13(23)8-10-14(15(21)18)17(25)19-16(10)24/h3-6,8H,7,18H2,1-2H3,(H,19,24,25). The summed E-state index contributed by atoms with van der Waals surface area (Å²) in [4.78, 5) is 49.7. The quantitative estimate of drug-likeness (QED) is 0.759. The number of imide groups is 1. The lowest BCUT2D eigenvalue weighted by molar-refractivity contribution is -0.127. The van der Waals surface area contributed by atoms with Crippen molar-refractivity contribution in [3.05, 3.63) is 57.4 Å². The molecule has 1 aliphatic heterocycles. The monoisotopic (exact) mass is 340 g/mol. The Balaban J connectivity index is 2.21. The van der Waals surface area contributed by atoms with E-state index in [-0.39, 0.29) is 29.3 Å². The summed E-state index contributed by atoms with van der Waals surface area (Å²) in [6, 6.07) is 7.87. The summed E-state index contributed by atoms with van der Waals surface area (Å²) in [6.07, 6.45) is 0.0667. The van der Waals surface area contributed by atoms with Crippen molar-refractivity contribution in [2.45, 2.75) is 6.42 Å². The molecule has 0 saturated heterocycles. The number of nitrogens with one attached hydrogen (secondary N) is 1. The summed E-state index contributed by atoms with van der Waals surface area (Å²) < 4.78 is 1.15. The molecular weight excluding hydrogens is 324 g/mol. The van der Waals surface area contributed by atoms with E-state index in [1.165, 1.54) is 4.90 Å². The Bertz CT molecular complexity index is 975. The average molecular weight is 340 g/mol. The first-order valence-electron chi connectivity index (χ1n) is 7.51. The van der Waals surface area contributed by atoms with E-state index < -0.39 is 17.4 Å². The molecule has 0 unspecified atom stereocenters. The third-order valence-electron chi connectivity index (χ3n) is 4.03. The van der Waals surface area contributed by atoms with Crippen molar-refractivity contribution in [1.29, 1.82) is 0 Å². The van der Waals surface area contributed by atoms with Gasteiger partial charge in [-0.3, -0.25) is 29.1 Å². The van der Waals surface area contributed by atoms with Crippen LogP contribution in [0, 0.1) is 0 Å². The number of hydrogen-bond acceptors (Lipinski definition) is 5. The van der Waals surface area contributed by atoms with Crippen LogP contribution in [0.1, 0.15) is 26.3 Å². The average Bonchev–Trinajstić information content (AvgIpc) is 2.83. The van der Waals surface area contributed by atoms with E-state index in [0.717, 1.165) is 10.6 Å². The number of rotatable bonds is 3. The van der Waals surface area contributed by atoms with Gasteiger partial charge < -0.3 is 10.6 Å². The zero-order valence-electron chi connectivity index (χ0n) is 13.7. The van der Waals surface area contributed by atoms with Crippen molar-refractivity contribution in [2.24, 2.45) is 0 Å². The van der Waals surface area contributed by atoms with Crippen LogP contribution in [0.2, 0.25) is 0 Å². The Morgan fingerprint density at radius 3 is 2.52 bits per heavy atom. The number of carbonyl (C=O) groups excluding carboxylic acids is 3. The van der Waals surface area contributed by atoms with Gasteiger partial charge in [-0.15, -0.1) is 0 Å². The number of nitrogens with two attached hydrogens (primary N) is 1. The smallest absolute Gasteiger partial charge is 0.262 e. The van der Waals surface area contributed by atoms with E-state index in [4.69, 9.17) is 5.73 Å². The molecule has 0 fully saturated rings. The number of amides is 3. The van der Waals surface area contributed by atoms with Gasteiger partial charge in [-0.25, -0.2) is 0 Å². The predicted octanol–water partition coefficient (Wildman–Crippen LogP) is -0.0660. The van der Waals surface area contributed by atoms with E-state index in [1.807, 2.05) is 0 Å². The molecule has 8 heteroatoms. The molecule has 0 radical (unpaired) electrons. The van der Waals surface area contributed by atoms with Crippen LogP contribution in [0.15, 0.2) is 35.1 Å². The molecule has 3 amide bonds. The highest BCUT2D eigenvalue weighted by molar-refractivity contribution is 6.23. The van der Waals surface area contributed by atoms with Gasteiger partial charge in [0.15, 0.2) is 0 Å². The molecule has 25 heavy (non-hydrogen) atoms. The first-order valence-corrected chi connectivity index (χ1v) is 7.51. The molecule has 0 bridgehead atoms. The number of para-hydroxylation sites is 1. The number of nitrogens with zero attached hydrogens (tertiary/aromatic N) is 2. The van der Waals surface area contributed by atoms with Crippen LogP contribution in [-0.4, -0.2) is 41.3 Å². The van der Waals surface area contributed by atoms with Crippen LogP contribution in [0.4, 0.5) is 5.82 Å². The van der Waals surface area contributed by atoms with Gasteiger partial charge in [-0.1, -0.05) is 18.2 Å². The molecule has 128 valence electrons. The van der Waals surface area contributed by atoms with Gasteiger partial charge in [-0.05, 0) is 11.6 Å². The Kier molecular flexibility index (Phi) is 3.88. The fourth-order valence-electron chi connectivity index (χ4n) is 2.73. The van der Waals surface area contributed by atoms with Gasteiger partial charge in [0.25, 0.3) is 17.4 Å². The summed E-state index contributed by atoms with van der Waals surface area (Å²) in [6.45, 7) is 0. The van der Waals surface area contributed by atoms with Gasteiger partial charge in [0.1, 0.15) is 5.82 Å². The van der Waals surface area contributed by atoms with Crippen molar-refractivity contribution < 1.29 is 14.4 Å². The molecular formula is C17H16N4O4. The molecule has 1 aliphatic rings. The van der Waals surface area contributed by atoms with E-state index in [1.54, 1.807) is 38.4 Å². The number of fused-ring (bicyclic) bond motifs is 1. The minimum atomic E-state index is -0.646. The fraction of sp³-hybridized carbons (Fsp3) is 0.176. The maximum absolute atomic E-state index is 12.5. The largest absolute Gasteiger partial charge is 0.384 e. The lowest BCUT2D eigenvalue weighted by Gasteiger charge is -2.17. The van der Waals surface area contributed by atoms with Gasteiger partial charge in [0, 0.05) is 20.2 Å². The summed E-state index contributed by atoms with van der Waals surface area (Å²) in [5.41, 5.74) is 6.40. The molecule has 0 aliphatic carbocycles. The predicted molar refractivity (Wildman–Crippen MR) is 90.6 cm³/mol. The number of anilines is 1. The van der Waals surface area contributed by atoms with Crippen LogP contribution in [-0.2, 0) is 11.2 Å². The summed E-state index contributed by atoms with van der Waals surface area (Å²) in [5.74, 6) is -1.57. The fourth-order valence-corrected chi connectivity index (χ4v) is 2.73. The van der Waals surface area contributed by atoms with Crippen molar-refractivity contribution in [3.8, 4) is 5.69 Å². The van der Waals surface area contributed by atoms with Crippen LogP contribution < -0.4 is 16.6 Å². The molecule has 0 saturated carbocycles. The molecule has 1 aromatic heterocycles. The first kappa shape index (κ1) is 16.4. The second-order valence-corrected chi connectivity index (χ2v) is 5.87. The second kappa shape index (κ2) is 5.90. The van der Waals surface area contributed by atoms with Crippen LogP contribution >= 0.6 is 0 Å². The number of carbonyl (C=O) groups is 3. The normalized spacial score (nSPS) is 12.7. The highest BCUT2D eigenvalue weighted by Gasteiger charge is 2.32. The first-order chi connectivity index (χ1) is 11.8. The molecule has 0 atom stereocenters. The van der Waals surface area contributed by atoms with Crippen molar-refractivity contribution in [2.75, 3.05) is 19.8 Å². The highest BCUT2D eigenvalue weighted by atomic mass is 16.2. The Hall–Kier alpha value is -3.42. The zero-order valence-corrected chi connectivity index (χ0v) is 13.7. The Morgan fingerprint density at radius 1 is 1.16 bits per heavy atom. The maximum atomic E-state index is 12.5. The van der Waals surface area contributed by atoms with Crippen LogP contribution in [0.5, 0.6) is 0 Å². The molecule has 3 rings (SSSR count). The van der Waals surface area contributed by atoms with Crippen LogP contribution in [0.25, 0.3) is 5.69 Å². The number of benzene rings is 1. The SMILES string of the molecule is CN(C)C(=O)Cc1ccccc1-n1c(N)c2c(cc1=O)C(=O)NC2=O. The second-order valence-electron chi connectivity index (χ2n) is 5.87. The summed E-state index contributed by atoms with van der Waals surface area (Å²) in [7, 11) is 3.27. The van der Waals surface area contributed by atoms with Crippen molar-refractivity contribution >= 4 is 23.5 Å². The van der Waals surface area contributed by atoms with Gasteiger partial charge in [0.2, 0.25) is 5.91 Å². The van der Waals surface area contributed by atoms with E-state index in [0.29, 0.717) is 11.3 Å². The zero-order chi connectivity index (χ0) is 18.3. The molecule has 1 aromatic carbocycles. The maximum Gasteiger partial charge on any atom is 0.262 e. The third-order valence-corrected chi connectivity index (χ3v) is 4.03. The minimum Gasteiger partial charge on any atom is -0.384 e. The van der Waals surface area contributed by atoms with Gasteiger partial charge in [0.05, 0.1) is 23.2 Å². The Labute approximate surface area is 142 Å². The number of pyridine rings is 1. The number of nitrogen functional groups attached to an aromatic ring is 1. The summed E-state index contributed by atoms with van der Waals surface area (Å²) in [5, 5.41) is 2.12. The molecule has 0 spiro atoms.